The van der Waals surface area contributed by atoms with Gasteiger partial charge in [0.15, 0.2) is 5.78 Å². The van der Waals surface area contributed by atoms with Crippen molar-refractivity contribution in [3.63, 3.8) is 0 Å². The van der Waals surface area contributed by atoms with Crippen molar-refractivity contribution in [1.82, 2.24) is 0 Å². The molecule has 0 heterocycles. The molecule has 2 rings (SSSR count). The molecule has 0 spiro atoms. The second-order valence-electron chi connectivity index (χ2n) is 4.74. The highest BCUT2D eigenvalue weighted by Crippen LogP contribution is 2.27. The van der Waals surface area contributed by atoms with Crippen LogP contribution in [0.2, 0.25) is 5.02 Å². The van der Waals surface area contributed by atoms with Crippen LogP contribution in [0, 0.1) is 0 Å². The van der Waals surface area contributed by atoms with Crippen molar-refractivity contribution in [2.45, 2.75) is 12.5 Å². The van der Waals surface area contributed by atoms with Crippen LogP contribution in [-0.4, -0.2) is 18.3 Å². The first kappa shape index (κ1) is 18.0. The van der Waals surface area contributed by atoms with Crippen molar-refractivity contribution in [3.8, 4) is 5.75 Å². The third-order valence-electron chi connectivity index (χ3n) is 2.94. The first-order chi connectivity index (χ1) is 11.3. The highest BCUT2D eigenvalue weighted by Gasteiger charge is 2.43. The number of rotatable bonds is 6. The van der Waals surface area contributed by atoms with Crippen molar-refractivity contribution in [3.05, 3.63) is 70.8 Å². The SMILES string of the molecule is O=C(/C=C/c1ccc(OC(F)(F)C(F)F)cc1)c1ccc(Cl)cc1. The topological polar surface area (TPSA) is 26.3 Å². The lowest BCUT2D eigenvalue weighted by Crippen LogP contribution is -2.33. The molecule has 0 aliphatic heterocycles. The Labute approximate surface area is 140 Å². The van der Waals surface area contributed by atoms with Crippen molar-refractivity contribution in [2.75, 3.05) is 0 Å². The Morgan fingerprint density at radius 2 is 1.62 bits per heavy atom. The van der Waals surface area contributed by atoms with Crippen LogP contribution in [0.5, 0.6) is 5.75 Å². The van der Waals surface area contributed by atoms with Crippen LogP contribution in [0.1, 0.15) is 15.9 Å². The van der Waals surface area contributed by atoms with Crippen LogP contribution in [0.3, 0.4) is 0 Å². The molecule has 7 heteroatoms. The first-order valence-electron chi connectivity index (χ1n) is 6.71. The van der Waals surface area contributed by atoms with Gasteiger partial charge in [0, 0.05) is 10.6 Å². The van der Waals surface area contributed by atoms with E-state index in [0.29, 0.717) is 16.1 Å². The average Bonchev–Trinajstić information content (AvgIpc) is 2.54. The minimum atomic E-state index is -4.55. The molecule has 0 saturated carbocycles. The minimum absolute atomic E-state index is 0.267. The second-order valence-corrected chi connectivity index (χ2v) is 5.17. The summed E-state index contributed by atoms with van der Waals surface area (Å²) in [7, 11) is 0. The van der Waals surface area contributed by atoms with Crippen LogP contribution in [0.4, 0.5) is 17.6 Å². The van der Waals surface area contributed by atoms with Gasteiger partial charge in [-0.3, -0.25) is 4.79 Å². The van der Waals surface area contributed by atoms with E-state index < -0.39 is 18.3 Å². The summed E-state index contributed by atoms with van der Waals surface area (Å²) in [5.74, 6) is -0.669. The summed E-state index contributed by atoms with van der Waals surface area (Å²) in [6.07, 6.45) is -5.71. The summed E-state index contributed by atoms with van der Waals surface area (Å²) in [4.78, 5) is 11.9. The third kappa shape index (κ3) is 4.83. The number of ether oxygens (including phenoxy) is 1. The maximum atomic E-state index is 12.8. The molecule has 0 radical (unpaired) electrons. The van der Waals surface area contributed by atoms with Crippen LogP contribution >= 0.6 is 11.6 Å². The van der Waals surface area contributed by atoms with E-state index in [4.69, 9.17) is 11.6 Å². The first-order valence-corrected chi connectivity index (χ1v) is 7.09. The Balaban J connectivity index is 2.03. The maximum absolute atomic E-state index is 12.8. The van der Waals surface area contributed by atoms with Gasteiger partial charge in [-0.2, -0.15) is 17.6 Å². The van der Waals surface area contributed by atoms with Gasteiger partial charge >= 0.3 is 12.5 Å². The molecule has 2 aromatic carbocycles. The highest BCUT2D eigenvalue weighted by molar-refractivity contribution is 6.30. The summed E-state index contributed by atoms with van der Waals surface area (Å²) in [6.45, 7) is 0. The Bertz CT molecular complexity index is 725. The average molecular weight is 359 g/mol. The molecule has 126 valence electrons. The number of benzene rings is 2. The Morgan fingerprint density at radius 1 is 1.04 bits per heavy atom. The van der Waals surface area contributed by atoms with Gasteiger partial charge in [-0.1, -0.05) is 29.8 Å². The Kier molecular flexibility index (Phi) is 5.62. The minimum Gasteiger partial charge on any atom is -0.428 e. The molecule has 0 saturated heterocycles. The van der Waals surface area contributed by atoms with Crippen molar-refractivity contribution >= 4 is 23.5 Å². The molecule has 0 aliphatic rings. The summed E-state index contributed by atoms with van der Waals surface area (Å²) in [6, 6.07) is 11.3. The zero-order valence-electron chi connectivity index (χ0n) is 12.1. The number of hydrogen-bond donors (Lipinski definition) is 0. The highest BCUT2D eigenvalue weighted by atomic mass is 35.5. The van der Waals surface area contributed by atoms with Crippen LogP contribution in [0.15, 0.2) is 54.6 Å². The zero-order chi connectivity index (χ0) is 17.7. The van der Waals surface area contributed by atoms with Crippen molar-refractivity contribution in [1.29, 1.82) is 0 Å². The lowest BCUT2D eigenvalue weighted by atomic mass is 10.1. The monoisotopic (exact) mass is 358 g/mol. The summed E-state index contributed by atoms with van der Waals surface area (Å²) in [5.41, 5.74) is 0.956. The van der Waals surface area contributed by atoms with E-state index in [-0.39, 0.29) is 5.78 Å². The zero-order valence-corrected chi connectivity index (χ0v) is 12.8. The fraction of sp³-hybridized carbons (Fsp3) is 0.118. The molecule has 2 nitrogen and oxygen atoms in total. The number of ketones is 1. The van der Waals surface area contributed by atoms with Gasteiger partial charge in [-0.15, -0.1) is 0 Å². The van der Waals surface area contributed by atoms with Gasteiger partial charge in [0.25, 0.3) is 0 Å². The molecular formula is C17H11ClF4O2. The smallest absolute Gasteiger partial charge is 0.428 e. The van der Waals surface area contributed by atoms with Gasteiger partial charge < -0.3 is 4.74 Å². The molecule has 0 aliphatic carbocycles. The number of alkyl halides is 4. The predicted molar refractivity (Wildman–Crippen MR) is 82.8 cm³/mol. The van der Waals surface area contributed by atoms with E-state index >= 15 is 0 Å². The summed E-state index contributed by atoms with van der Waals surface area (Å²) in [5, 5.41) is 0.506. The van der Waals surface area contributed by atoms with E-state index in [0.717, 1.165) is 12.1 Å². The van der Waals surface area contributed by atoms with Crippen LogP contribution in [-0.2, 0) is 0 Å². The lowest BCUT2D eigenvalue weighted by Gasteiger charge is -2.16. The molecule has 0 N–H and O–H groups in total. The van der Waals surface area contributed by atoms with Gasteiger partial charge in [-0.25, -0.2) is 0 Å². The molecular weight excluding hydrogens is 348 g/mol. The normalized spacial score (nSPS) is 11.9. The third-order valence-corrected chi connectivity index (χ3v) is 3.20. The van der Waals surface area contributed by atoms with E-state index in [2.05, 4.69) is 4.74 Å². The number of allylic oxidation sites excluding steroid dienone is 1. The van der Waals surface area contributed by atoms with E-state index in [1.807, 2.05) is 0 Å². The van der Waals surface area contributed by atoms with Crippen LogP contribution < -0.4 is 4.74 Å². The molecule has 2 aromatic rings. The summed E-state index contributed by atoms with van der Waals surface area (Å²) < 4.78 is 53.5. The molecule has 0 bridgehead atoms. The molecule has 0 unspecified atom stereocenters. The van der Waals surface area contributed by atoms with E-state index in [1.165, 1.54) is 24.3 Å². The largest absolute Gasteiger partial charge is 0.461 e. The molecule has 0 fully saturated rings. The van der Waals surface area contributed by atoms with Gasteiger partial charge in [-0.05, 0) is 48.0 Å². The van der Waals surface area contributed by atoms with E-state index in [1.54, 1.807) is 24.3 Å². The van der Waals surface area contributed by atoms with Crippen LogP contribution in [0.25, 0.3) is 6.08 Å². The molecule has 24 heavy (non-hydrogen) atoms. The van der Waals surface area contributed by atoms with E-state index in [9.17, 15) is 22.4 Å². The van der Waals surface area contributed by atoms with Crippen molar-refractivity contribution < 1.29 is 27.1 Å². The fourth-order valence-corrected chi connectivity index (χ4v) is 1.86. The number of carbonyl (C=O) groups is 1. The maximum Gasteiger partial charge on any atom is 0.461 e. The fourth-order valence-electron chi connectivity index (χ4n) is 1.73. The van der Waals surface area contributed by atoms with Gasteiger partial charge in [0.1, 0.15) is 5.75 Å². The van der Waals surface area contributed by atoms with Crippen molar-refractivity contribution in [2.24, 2.45) is 0 Å². The quantitative estimate of drug-likeness (QED) is 0.388. The number of halogens is 5. The number of hydrogen-bond acceptors (Lipinski definition) is 2. The molecule has 0 atom stereocenters. The van der Waals surface area contributed by atoms with Gasteiger partial charge in [0.05, 0.1) is 0 Å². The molecule has 0 aromatic heterocycles. The summed E-state index contributed by atoms with van der Waals surface area (Å²) >= 11 is 5.73. The predicted octanol–water partition coefficient (Wildman–Crippen LogP) is 5.47. The number of carbonyl (C=O) groups excluding carboxylic acids is 1. The standard InChI is InChI=1S/C17H11ClF4O2/c18-13-6-4-12(5-7-13)15(23)10-3-11-1-8-14(9-2-11)24-17(21,22)16(19)20/h1-10,16H/b10-3+. The van der Waals surface area contributed by atoms with Gasteiger partial charge in [0.2, 0.25) is 0 Å². The second kappa shape index (κ2) is 7.49. The Hall–Kier alpha value is -2.34. The lowest BCUT2D eigenvalue weighted by molar-refractivity contribution is -0.253. The molecule has 0 amide bonds. The Morgan fingerprint density at radius 3 is 2.17 bits per heavy atom.